The van der Waals surface area contributed by atoms with Crippen LogP contribution in [0.1, 0.15) is 38.9 Å². The molecular formula is C22H22N4O2S. The van der Waals surface area contributed by atoms with Gasteiger partial charge in [-0.3, -0.25) is 4.79 Å². The fraction of sp³-hybridized carbons (Fsp3) is 0.273. The van der Waals surface area contributed by atoms with Crippen LogP contribution in [0.2, 0.25) is 0 Å². The predicted molar refractivity (Wildman–Crippen MR) is 115 cm³/mol. The molecule has 7 heteroatoms. The van der Waals surface area contributed by atoms with Gasteiger partial charge in [0.25, 0.3) is 0 Å². The number of amides is 1. The fourth-order valence-corrected chi connectivity index (χ4v) is 3.87. The summed E-state index contributed by atoms with van der Waals surface area (Å²) in [6.07, 6.45) is 0.665. The van der Waals surface area contributed by atoms with E-state index in [9.17, 15) is 4.79 Å². The van der Waals surface area contributed by atoms with Crippen molar-refractivity contribution in [3.63, 3.8) is 0 Å². The highest BCUT2D eigenvalue weighted by Gasteiger charge is 2.21. The molecule has 1 N–H and O–H groups in total. The van der Waals surface area contributed by atoms with Crippen molar-refractivity contribution >= 4 is 33.1 Å². The van der Waals surface area contributed by atoms with E-state index in [1.165, 1.54) is 0 Å². The van der Waals surface area contributed by atoms with Crippen molar-refractivity contribution < 1.29 is 9.32 Å². The van der Waals surface area contributed by atoms with Crippen molar-refractivity contribution in [2.75, 3.05) is 5.32 Å². The summed E-state index contributed by atoms with van der Waals surface area (Å²) in [4.78, 5) is 21.6. The number of anilines is 1. The van der Waals surface area contributed by atoms with E-state index in [1.807, 2.05) is 69.3 Å². The average molecular weight is 407 g/mol. The Morgan fingerprint density at radius 3 is 2.59 bits per heavy atom. The molecule has 0 aliphatic heterocycles. The number of aromatic nitrogens is 3. The minimum absolute atomic E-state index is 0.103. The largest absolute Gasteiger partial charge is 0.339 e. The lowest BCUT2D eigenvalue weighted by Gasteiger charge is -2.10. The maximum atomic E-state index is 12.5. The minimum Gasteiger partial charge on any atom is -0.339 e. The van der Waals surface area contributed by atoms with Gasteiger partial charge in [0.05, 0.1) is 15.9 Å². The maximum absolute atomic E-state index is 12.5. The summed E-state index contributed by atoms with van der Waals surface area (Å²) >= 11 is 1.61. The summed E-state index contributed by atoms with van der Waals surface area (Å²) in [5.41, 5.74) is 2.44. The van der Waals surface area contributed by atoms with E-state index < -0.39 is 0 Å². The molecule has 0 aliphatic rings. The van der Waals surface area contributed by atoms with Crippen molar-refractivity contribution in [3.8, 4) is 10.6 Å². The summed E-state index contributed by atoms with van der Waals surface area (Å²) in [6, 6.07) is 15.7. The first kappa shape index (κ1) is 19.3. The van der Waals surface area contributed by atoms with Crippen molar-refractivity contribution in [2.45, 2.75) is 39.0 Å². The highest BCUT2D eigenvalue weighted by Crippen LogP contribution is 2.34. The molecule has 0 atom stereocenters. The number of carbonyl (C=O) groups is 1. The summed E-state index contributed by atoms with van der Waals surface area (Å²) in [7, 11) is 0. The number of thiazole rings is 1. The van der Waals surface area contributed by atoms with Crippen molar-refractivity contribution in [1.29, 1.82) is 0 Å². The molecule has 6 nitrogen and oxygen atoms in total. The lowest BCUT2D eigenvalue weighted by molar-refractivity contribution is -0.116. The van der Waals surface area contributed by atoms with E-state index in [0.717, 1.165) is 26.5 Å². The third-order valence-corrected chi connectivity index (χ3v) is 5.50. The van der Waals surface area contributed by atoms with Crippen LogP contribution in [0.5, 0.6) is 0 Å². The fourth-order valence-electron chi connectivity index (χ4n) is 2.86. The van der Waals surface area contributed by atoms with Crippen LogP contribution in [0.4, 0.5) is 5.69 Å². The molecule has 0 spiro atoms. The molecule has 148 valence electrons. The van der Waals surface area contributed by atoms with Gasteiger partial charge in [-0.05, 0) is 24.3 Å². The first-order chi connectivity index (χ1) is 13.9. The third-order valence-electron chi connectivity index (χ3n) is 4.43. The van der Waals surface area contributed by atoms with E-state index in [4.69, 9.17) is 9.51 Å². The van der Waals surface area contributed by atoms with Crippen LogP contribution >= 0.6 is 11.3 Å². The number of benzene rings is 2. The summed E-state index contributed by atoms with van der Waals surface area (Å²) < 4.78 is 6.39. The number of aryl methyl sites for hydroxylation is 1. The predicted octanol–water partition coefficient (Wildman–Crippen LogP) is 5.22. The summed E-state index contributed by atoms with van der Waals surface area (Å²) in [6.45, 7) is 6.06. The Kier molecular flexibility index (Phi) is 5.15. The first-order valence-corrected chi connectivity index (χ1v) is 10.3. The molecule has 0 fully saturated rings. The average Bonchev–Trinajstić information content (AvgIpc) is 3.33. The van der Waals surface area contributed by atoms with Gasteiger partial charge >= 0.3 is 0 Å². The van der Waals surface area contributed by atoms with Gasteiger partial charge in [-0.1, -0.05) is 50.2 Å². The molecule has 0 saturated heterocycles. The molecule has 1 amide bonds. The second kappa shape index (κ2) is 7.75. The number of hydrogen-bond acceptors (Lipinski definition) is 6. The highest BCUT2D eigenvalue weighted by atomic mass is 32.1. The van der Waals surface area contributed by atoms with Gasteiger partial charge in [0.1, 0.15) is 5.01 Å². The van der Waals surface area contributed by atoms with E-state index >= 15 is 0 Å². The number of fused-ring (bicyclic) bond motifs is 1. The molecule has 0 bridgehead atoms. The minimum atomic E-state index is -0.180. The summed E-state index contributed by atoms with van der Waals surface area (Å²) in [5.74, 6) is 1.02. The zero-order valence-corrected chi connectivity index (χ0v) is 17.4. The van der Waals surface area contributed by atoms with Crippen LogP contribution in [0, 0.1) is 0 Å². The Morgan fingerprint density at radius 2 is 1.83 bits per heavy atom. The smallest absolute Gasteiger partial charge is 0.227 e. The second-order valence-electron chi connectivity index (χ2n) is 7.84. The molecule has 4 rings (SSSR count). The topological polar surface area (TPSA) is 80.9 Å². The molecule has 2 heterocycles. The van der Waals surface area contributed by atoms with Gasteiger partial charge in [-0.2, -0.15) is 4.98 Å². The molecule has 0 radical (unpaired) electrons. The monoisotopic (exact) mass is 406 g/mol. The van der Waals surface area contributed by atoms with Crippen LogP contribution in [-0.4, -0.2) is 21.0 Å². The van der Waals surface area contributed by atoms with Crippen LogP contribution in [0.15, 0.2) is 53.1 Å². The zero-order chi connectivity index (χ0) is 20.4. The molecule has 2 aromatic carbocycles. The van der Waals surface area contributed by atoms with Gasteiger partial charge in [-0.15, -0.1) is 11.3 Å². The SMILES string of the molecule is CC(C)(C)c1noc(CCC(=O)Nc2ccccc2-c2nc3ccccc3s2)n1. The third kappa shape index (κ3) is 4.35. The number of carbonyl (C=O) groups excluding carboxylic acids is 1. The number of nitrogens with zero attached hydrogens (tertiary/aromatic N) is 3. The van der Waals surface area contributed by atoms with E-state index in [1.54, 1.807) is 11.3 Å². The van der Waals surface area contributed by atoms with Crippen LogP contribution in [0.3, 0.4) is 0 Å². The lowest BCUT2D eigenvalue weighted by Crippen LogP contribution is -2.14. The summed E-state index contributed by atoms with van der Waals surface area (Å²) in [5, 5.41) is 7.88. The van der Waals surface area contributed by atoms with E-state index in [-0.39, 0.29) is 17.7 Å². The molecular weight excluding hydrogens is 384 g/mol. The molecule has 0 aliphatic carbocycles. The van der Waals surface area contributed by atoms with E-state index in [2.05, 4.69) is 15.5 Å². The van der Waals surface area contributed by atoms with Gasteiger partial charge in [0.2, 0.25) is 11.8 Å². The lowest BCUT2D eigenvalue weighted by atomic mass is 9.96. The Bertz CT molecular complexity index is 1120. The van der Waals surface area contributed by atoms with Gasteiger partial charge in [-0.25, -0.2) is 4.98 Å². The van der Waals surface area contributed by atoms with Gasteiger partial charge in [0.15, 0.2) is 5.82 Å². The van der Waals surface area contributed by atoms with Crippen LogP contribution in [0.25, 0.3) is 20.8 Å². The molecule has 4 aromatic rings. The normalized spacial score (nSPS) is 11.7. The van der Waals surface area contributed by atoms with Crippen molar-refractivity contribution in [2.24, 2.45) is 0 Å². The quantitative estimate of drug-likeness (QED) is 0.492. The number of rotatable bonds is 5. The Morgan fingerprint density at radius 1 is 1.07 bits per heavy atom. The van der Waals surface area contributed by atoms with Gasteiger partial charge < -0.3 is 9.84 Å². The van der Waals surface area contributed by atoms with Gasteiger partial charge in [0, 0.05) is 23.8 Å². The van der Waals surface area contributed by atoms with Crippen molar-refractivity contribution in [3.05, 3.63) is 60.2 Å². The van der Waals surface area contributed by atoms with Crippen LogP contribution in [-0.2, 0) is 16.6 Å². The zero-order valence-electron chi connectivity index (χ0n) is 16.6. The molecule has 2 aromatic heterocycles. The highest BCUT2D eigenvalue weighted by molar-refractivity contribution is 7.21. The van der Waals surface area contributed by atoms with E-state index in [0.29, 0.717) is 18.1 Å². The number of hydrogen-bond donors (Lipinski definition) is 1. The Balaban J connectivity index is 1.47. The standard InChI is InChI=1S/C22H22N4O2S/c1-22(2,3)21-25-19(28-26-21)13-12-18(27)23-15-9-5-4-8-14(15)20-24-16-10-6-7-11-17(16)29-20/h4-11H,12-13H2,1-3H3,(H,23,27). The molecule has 0 unspecified atom stereocenters. The Labute approximate surface area is 173 Å². The number of para-hydroxylation sites is 2. The van der Waals surface area contributed by atoms with Crippen LogP contribution < -0.4 is 5.32 Å². The Hall–Kier alpha value is -3.06. The van der Waals surface area contributed by atoms with Crippen molar-refractivity contribution in [1.82, 2.24) is 15.1 Å². The first-order valence-electron chi connectivity index (χ1n) is 9.48. The number of nitrogens with one attached hydrogen (secondary N) is 1. The maximum Gasteiger partial charge on any atom is 0.227 e. The molecule has 29 heavy (non-hydrogen) atoms. The molecule has 0 saturated carbocycles. The second-order valence-corrected chi connectivity index (χ2v) is 8.87.